The van der Waals surface area contributed by atoms with E-state index in [1.54, 1.807) is 12.4 Å². The van der Waals surface area contributed by atoms with Crippen LogP contribution in [0.1, 0.15) is 36.9 Å². The van der Waals surface area contributed by atoms with Crippen molar-refractivity contribution >= 4 is 11.7 Å². The molecule has 1 fully saturated rings. The maximum atomic E-state index is 12.6. The summed E-state index contributed by atoms with van der Waals surface area (Å²) in [7, 11) is 0. The number of rotatable bonds is 4. The van der Waals surface area contributed by atoms with Crippen LogP contribution in [-0.2, 0) is 6.42 Å². The van der Waals surface area contributed by atoms with Gasteiger partial charge in [-0.05, 0) is 61.4 Å². The van der Waals surface area contributed by atoms with Crippen LogP contribution in [0.5, 0.6) is 0 Å². The van der Waals surface area contributed by atoms with Gasteiger partial charge in [0.15, 0.2) is 0 Å². The monoisotopic (exact) mass is 364 g/mol. The summed E-state index contributed by atoms with van der Waals surface area (Å²) in [5.74, 6) is 0.665. The number of likely N-dealkylation sites (tertiary alicyclic amines) is 1. The van der Waals surface area contributed by atoms with E-state index in [2.05, 4.69) is 39.5 Å². The van der Waals surface area contributed by atoms with Crippen molar-refractivity contribution in [2.45, 2.75) is 32.2 Å². The van der Waals surface area contributed by atoms with Crippen LogP contribution in [0.4, 0.5) is 10.5 Å². The molecular weight excluding hydrogens is 336 g/mol. The standard InChI is InChI=1S/C22H28N4O/c1-17(19-6-11-23-12-7-19)24-22(27)25-13-8-18(9-14-25)16-26-15-10-20-4-2-3-5-21(20)26/h2-7,11-12,17-18H,8-10,13-16H2,1H3,(H,24,27)/t17-/m0/s1. The highest BCUT2D eigenvalue weighted by Crippen LogP contribution is 2.30. The lowest BCUT2D eigenvalue weighted by Crippen LogP contribution is -2.46. The molecule has 2 aromatic rings. The summed E-state index contributed by atoms with van der Waals surface area (Å²) >= 11 is 0. The van der Waals surface area contributed by atoms with E-state index in [-0.39, 0.29) is 12.1 Å². The van der Waals surface area contributed by atoms with Crippen molar-refractivity contribution in [3.63, 3.8) is 0 Å². The molecule has 0 aliphatic carbocycles. The fourth-order valence-corrected chi connectivity index (χ4v) is 4.24. The minimum Gasteiger partial charge on any atom is -0.371 e. The summed E-state index contributed by atoms with van der Waals surface area (Å²) in [4.78, 5) is 21.1. The number of urea groups is 1. The number of para-hydroxylation sites is 1. The van der Waals surface area contributed by atoms with E-state index in [0.29, 0.717) is 5.92 Å². The quantitative estimate of drug-likeness (QED) is 0.901. The third-order valence-electron chi connectivity index (χ3n) is 5.91. The predicted molar refractivity (Wildman–Crippen MR) is 108 cm³/mol. The summed E-state index contributed by atoms with van der Waals surface area (Å²) in [6, 6.07) is 12.7. The van der Waals surface area contributed by atoms with Gasteiger partial charge in [0, 0.05) is 44.3 Å². The molecule has 1 N–H and O–H groups in total. The van der Waals surface area contributed by atoms with Crippen molar-refractivity contribution in [1.29, 1.82) is 0 Å². The van der Waals surface area contributed by atoms with Crippen molar-refractivity contribution in [3.8, 4) is 0 Å². The van der Waals surface area contributed by atoms with Crippen molar-refractivity contribution in [2.75, 3.05) is 31.1 Å². The van der Waals surface area contributed by atoms with E-state index in [1.807, 2.05) is 24.0 Å². The minimum absolute atomic E-state index is 0.000625. The Balaban J connectivity index is 1.26. The van der Waals surface area contributed by atoms with Crippen LogP contribution in [0.3, 0.4) is 0 Å². The van der Waals surface area contributed by atoms with Gasteiger partial charge in [-0.2, -0.15) is 0 Å². The number of fused-ring (bicyclic) bond motifs is 1. The highest BCUT2D eigenvalue weighted by atomic mass is 16.2. The zero-order chi connectivity index (χ0) is 18.6. The van der Waals surface area contributed by atoms with Gasteiger partial charge >= 0.3 is 6.03 Å². The van der Waals surface area contributed by atoms with Gasteiger partial charge in [0.25, 0.3) is 0 Å². The Bertz CT molecular complexity index is 771. The van der Waals surface area contributed by atoms with Gasteiger partial charge in [-0.15, -0.1) is 0 Å². The molecule has 1 saturated heterocycles. The van der Waals surface area contributed by atoms with Crippen LogP contribution in [0, 0.1) is 5.92 Å². The van der Waals surface area contributed by atoms with E-state index in [4.69, 9.17) is 0 Å². The summed E-state index contributed by atoms with van der Waals surface area (Å²) in [5.41, 5.74) is 3.96. The van der Waals surface area contributed by atoms with Crippen molar-refractivity contribution < 1.29 is 4.79 Å². The number of hydrogen-bond donors (Lipinski definition) is 1. The van der Waals surface area contributed by atoms with Crippen LogP contribution in [-0.4, -0.2) is 42.1 Å². The van der Waals surface area contributed by atoms with E-state index < -0.39 is 0 Å². The Morgan fingerprint density at radius 1 is 1.15 bits per heavy atom. The fourth-order valence-electron chi connectivity index (χ4n) is 4.24. The highest BCUT2D eigenvalue weighted by Gasteiger charge is 2.27. The molecule has 0 radical (unpaired) electrons. The average molecular weight is 364 g/mol. The molecule has 2 aliphatic heterocycles. The van der Waals surface area contributed by atoms with Crippen LogP contribution in [0.15, 0.2) is 48.8 Å². The first-order valence-electron chi connectivity index (χ1n) is 9.99. The molecule has 3 heterocycles. The van der Waals surface area contributed by atoms with E-state index in [0.717, 1.165) is 51.0 Å². The van der Waals surface area contributed by atoms with Gasteiger partial charge in [-0.1, -0.05) is 18.2 Å². The Labute approximate surface area is 161 Å². The first kappa shape index (κ1) is 17.8. The highest BCUT2D eigenvalue weighted by molar-refractivity contribution is 5.74. The number of aromatic nitrogens is 1. The number of amides is 2. The first-order chi connectivity index (χ1) is 13.2. The molecule has 1 aromatic heterocycles. The van der Waals surface area contributed by atoms with Gasteiger partial charge in [-0.3, -0.25) is 4.98 Å². The van der Waals surface area contributed by atoms with Gasteiger partial charge in [-0.25, -0.2) is 4.79 Å². The fraction of sp³-hybridized carbons (Fsp3) is 0.455. The normalized spacial score (nSPS) is 18.3. The zero-order valence-electron chi connectivity index (χ0n) is 16.0. The van der Waals surface area contributed by atoms with Crippen LogP contribution in [0.25, 0.3) is 0 Å². The SMILES string of the molecule is C[C@H](NC(=O)N1CCC(CN2CCc3ccccc32)CC1)c1ccncc1. The van der Waals surface area contributed by atoms with Crippen LogP contribution < -0.4 is 10.2 Å². The second-order valence-electron chi connectivity index (χ2n) is 7.71. The summed E-state index contributed by atoms with van der Waals surface area (Å²) in [6.07, 6.45) is 6.84. The third-order valence-corrected chi connectivity index (χ3v) is 5.91. The van der Waals surface area contributed by atoms with Crippen molar-refractivity contribution in [1.82, 2.24) is 15.2 Å². The lowest BCUT2D eigenvalue weighted by molar-refractivity contribution is 0.168. The molecule has 5 heteroatoms. The third kappa shape index (κ3) is 4.07. The number of nitrogens with one attached hydrogen (secondary N) is 1. The molecule has 1 aromatic carbocycles. The molecule has 0 spiro atoms. The largest absolute Gasteiger partial charge is 0.371 e. The number of benzene rings is 1. The molecule has 2 aliphatic rings. The van der Waals surface area contributed by atoms with Crippen LogP contribution >= 0.6 is 0 Å². The number of piperidine rings is 1. The Morgan fingerprint density at radius 3 is 2.67 bits per heavy atom. The number of nitrogens with zero attached hydrogens (tertiary/aromatic N) is 3. The van der Waals surface area contributed by atoms with E-state index in [1.165, 1.54) is 11.3 Å². The van der Waals surface area contributed by atoms with Gasteiger partial charge in [0.1, 0.15) is 0 Å². The second kappa shape index (κ2) is 7.99. The lowest BCUT2D eigenvalue weighted by atomic mass is 9.96. The maximum absolute atomic E-state index is 12.6. The molecule has 2 amide bonds. The zero-order valence-corrected chi connectivity index (χ0v) is 16.0. The topological polar surface area (TPSA) is 48.5 Å². The lowest BCUT2D eigenvalue weighted by Gasteiger charge is -2.35. The molecule has 5 nitrogen and oxygen atoms in total. The van der Waals surface area contributed by atoms with Gasteiger partial charge in [0.05, 0.1) is 6.04 Å². The Hall–Kier alpha value is -2.56. The van der Waals surface area contributed by atoms with Crippen LogP contribution in [0.2, 0.25) is 0 Å². The molecular formula is C22H28N4O. The number of anilines is 1. The van der Waals surface area contributed by atoms with E-state index >= 15 is 0 Å². The number of carbonyl (C=O) groups excluding carboxylic acids is 1. The summed E-state index contributed by atoms with van der Waals surface area (Å²) < 4.78 is 0. The van der Waals surface area contributed by atoms with Gasteiger partial charge < -0.3 is 15.1 Å². The minimum atomic E-state index is -0.000625. The number of carbonyl (C=O) groups is 1. The molecule has 142 valence electrons. The van der Waals surface area contributed by atoms with E-state index in [9.17, 15) is 4.79 Å². The maximum Gasteiger partial charge on any atom is 0.317 e. The Kier molecular flexibility index (Phi) is 5.28. The molecule has 0 saturated carbocycles. The number of pyridine rings is 1. The van der Waals surface area contributed by atoms with Crippen molar-refractivity contribution in [2.24, 2.45) is 5.92 Å². The average Bonchev–Trinajstić information content (AvgIpc) is 3.12. The molecule has 4 rings (SSSR count). The molecule has 0 unspecified atom stereocenters. The summed E-state index contributed by atoms with van der Waals surface area (Å²) in [6.45, 7) is 5.94. The summed E-state index contributed by atoms with van der Waals surface area (Å²) in [5, 5.41) is 3.12. The number of hydrogen-bond acceptors (Lipinski definition) is 3. The predicted octanol–water partition coefficient (Wildman–Crippen LogP) is 3.63. The smallest absolute Gasteiger partial charge is 0.317 e. The van der Waals surface area contributed by atoms with Crippen molar-refractivity contribution in [3.05, 3.63) is 59.9 Å². The molecule has 0 bridgehead atoms. The second-order valence-corrected chi connectivity index (χ2v) is 7.71. The van der Waals surface area contributed by atoms with Gasteiger partial charge in [0.2, 0.25) is 0 Å². The molecule has 27 heavy (non-hydrogen) atoms. The molecule has 1 atom stereocenters. The Morgan fingerprint density at radius 2 is 1.89 bits per heavy atom. The first-order valence-corrected chi connectivity index (χ1v) is 9.99.